The molecule has 1 atom stereocenters. The topological polar surface area (TPSA) is 9.23 Å². The van der Waals surface area contributed by atoms with Crippen LogP contribution in [0, 0.1) is 11.7 Å². The second-order valence-electron chi connectivity index (χ2n) is 8.43. The number of unbranched alkanes of at least 4 members (excludes halogenated alkanes) is 1. The fourth-order valence-electron chi connectivity index (χ4n) is 4.19. The zero-order valence-corrected chi connectivity index (χ0v) is 19.1. The largest absolute Gasteiger partial charge is 0.492 e. The predicted molar refractivity (Wildman–Crippen MR) is 126 cm³/mol. The van der Waals surface area contributed by atoms with E-state index in [1.807, 2.05) is 12.1 Å². The number of allylic oxidation sites excluding steroid dienone is 2. The van der Waals surface area contributed by atoms with Crippen molar-refractivity contribution in [2.24, 2.45) is 5.92 Å². The van der Waals surface area contributed by atoms with Crippen molar-refractivity contribution in [3.8, 4) is 16.9 Å². The summed E-state index contributed by atoms with van der Waals surface area (Å²) in [5, 5.41) is 0.0679. The Morgan fingerprint density at radius 3 is 2.50 bits per heavy atom. The SMILES string of the molecule is CCCCOc1ccc(-c2ccc(CCC3=CCC(CCC)CC3)cc2)c(F)c1Cl. The minimum atomic E-state index is -0.410. The Labute approximate surface area is 186 Å². The van der Waals surface area contributed by atoms with E-state index in [0.29, 0.717) is 17.9 Å². The quantitative estimate of drug-likeness (QED) is 0.271. The van der Waals surface area contributed by atoms with E-state index in [2.05, 4.69) is 32.1 Å². The van der Waals surface area contributed by atoms with Gasteiger partial charge in [0.05, 0.1) is 6.61 Å². The number of benzene rings is 2. The zero-order valence-electron chi connectivity index (χ0n) is 18.4. The molecular formula is C27H34ClFO. The number of rotatable bonds is 10. The highest BCUT2D eigenvalue weighted by Gasteiger charge is 2.15. The van der Waals surface area contributed by atoms with E-state index in [-0.39, 0.29) is 5.02 Å². The highest BCUT2D eigenvalue weighted by atomic mass is 35.5. The van der Waals surface area contributed by atoms with Gasteiger partial charge in [-0.15, -0.1) is 0 Å². The first-order valence-corrected chi connectivity index (χ1v) is 11.9. The summed E-state index contributed by atoms with van der Waals surface area (Å²) in [6.07, 6.45) is 13.1. The van der Waals surface area contributed by atoms with Crippen LogP contribution in [0.3, 0.4) is 0 Å². The van der Waals surface area contributed by atoms with Gasteiger partial charge in [-0.25, -0.2) is 4.39 Å². The maximum Gasteiger partial charge on any atom is 0.153 e. The second kappa shape index (κ2) is 11.6. The fourth-order valence-corrected chi connectivity index (χ4v) is 4.41. The van der Waals surface area contributed by atoms with Crippen molar-refractivity contribution >= 4 is 11.6 Å². The maximum atomic E-state index is 14.8. The second-order valence-corrected chi connectivity index (χ2v) is 8.81. The third kappa shape index (κ3) is 6.11. The van der Waals surface area contributed by atoms with Gasteiger partial charge in [0.15, 0.2) is 5.82 Å². The van der Waals surface area contributed by atoms with Crippen molar-refractivity contribution in [3.63, 3.8) is 0 Å². The zero-order chi connectivity index (χ0) is 21.3. The van der Waals surface area contributed by atoms with Crippen molar-refractivity contribution in [2.45, 2.75) is 71.6 Å². The molecular weight excluding hydrogens is 395 g/mol. The van der Waals surface area contributed by atoms with Crippen LogP contribution in [0.1, 0.15) is 70.8 Å². The third-order valence-electron chi connectivity index (χ3n) is 6.11. The van der Waals surface area contributed by atoms with Gasteiger partial charge in [0.1, 0.15) is 10.8 Å². The van der Waals surface area contributed by atoms with Gasteiger partial charge in [-0.05, 0) is 67.7 Å². The molecule has 30 heavy (non-hydrogen) atoms. The van der Waals surface area contributed by atoms with Crippen LogP contribution in [0.5, 0.6) is 5.75 Å². The lowest BCUT2D eigenvalue weighted by Crippen LogP contribution is -2.06. The smallest absolute Gasteiger partial charge is 0.153 e. The van der Waals surface area contributed by atoms with E-state index in [4.69, 9.17) is 16.3 Å². The van der Waals surface area contributed by atoms with Crippen LogP contribution in [0.25, 0.3) is 11.1 Å². The average Bonchev–Trinajstić information content (AvgIpc) is 2.77. The molecule has 1 aliphatic carbocycles. The van der Waals surface area contributed by atoms with E-state index in [1.165, 1.54) is 37.7 Å². The molecule has 0 fully saturated rings. The lowest BCUT2D eigenvalue weighted by molar-refractivity contribution is 0.308. The lowest BCUT2D eigenvalue weighted by Gasteiger charge is -2.21. The fraction of sp³-hybridized carbons (Fsp3) is 0.481. The molecule has 0 spiro atoms. The van der Waals surface area contributed by atoms with E-state index < -0.39 is 5.82 Å². The molecule has 0 radical (unpaired) electrons. The lowest BCUT2D eigenvalue weighted by atomic mass is 9.85. The first-order valence-electron chi connectivity index (χ1n) is 11.5. The molecule has 1 nitrogen and oxygen atoms in total. The molecule has 0 saturated carbocycles. The molecule has 0 aromatic heterocycles. The predicted octanol–water partition coefficient (Wildman–Crippen LogP) is 8.78. The van der Waals surface area contributed by atoms with Crippen LogP contribution in [-0.2, 0) is 6.42 Å². The number of ether oxygens (including phenoxy) is 1. The highest BCUT2D eigenvalue weighted by Crippen LogP contribution is 2.35. The van der Waals surface area contributed by atoms with Crippen molar-refractivity contribution in [1.82, 2.24) is 0 Å². The van der Waals surface area contributed by atoms with E-state index in [9.17, 15) is 4.39 Å². The third-order valence-corrected chi connectivity index (χ3v) is 6.46. The molecule has 0 amide bonds. The Bertz CT molecular complexity index is 841. The van der Waals surface area contributed by atoms with Gasteiger partial charge in [-0.1, -0.05) is 80.6 Å². The Hall–Kier alpha value is -1.80. The molecule has 3 heteroatoms. The normalized spacial score (nSPS) is 16.4. The first-order chi connectivity index (χ1) is 14.6. The standard InChI is InChI=1S/C27H34ClFO/c1-3-5-19-30-25-18-17-24(27(29)26(25)28)23-15-13-22(14-16-23)12-11-21-9-7-20(6-4-2)8-10-21/h9,13-18,20H,3-8,10-12,19H2,1-2H3. The minimum Gasteiger partial charge on any atom is -0.492 e. The molecule has 0 saturated heterocycles. The van der Waals surface area contributed by atoms with Gasteiger partial charge in [0, 0.05) is 5.56 Å². The number of aryl methyl sites for hydroxylation is 1. The van der Waals surface area contributed by atoms with Gasteiger partial charge in [0.2, 0.25) is 0 Å². The molecule has 2 aromatic rings. The minimum absolute atomic E-state index is 0.0679. The summed E-state index contributed by atoms with van der Waals surface area (Å²) in [4.78, 5) is 0. The molecule has 0 N–H and O–H groups in total. The molecule has 0 heterocycles. The van der Waals surface area contributed by atoms with Gasteiger partial charge in [0.25, 0.3) is 0 Å². The maximum absolute atomic E-state index is 14.8. The van der Waals surface area contributed by atoms with Crippen molar-refractivity contribution in [2.75, 3.05) is 6.61 Å². The van der Waals surface area contributed by atoms with Crippen LogP contribution in [0.15, 0.2) is 48.0 Å². The van der Waals surface area contributed by atoms with Crippen molar-refractivity contribution in [3.05, 3.63) is 64.5 Å². The Kier molecular flexibility index (Phi) is 8.81. The molecule has 0 aliphatic heterocycles. The van der Waals surface area contributed by atoms with Crippen molar-refractivity contribution in [1.29, 1.82) is 0 Å². The average molecular weight is 429 g/mol. The summed E-state index contributed by atoms with van der Waals surface area (Å²) in [6, 6.07) is 11.7. The van der Waals surface area contributed by atoms with Gasteiger partial charge < -0.3 is 4.74 Å². The number of hydrogen-bond acceptors (Lipinski definition) is 1. The summed E-state index contributed by atoms with van der Waals surface area (Å²) in [6.45, 7) is 4.92. The summed E-state index contributed by atoms with van der Waals surface area (Å²) in [5.74, 6) is 0.903. The first kappa shape index (κ1) is 22.9. The van der Waals surface area contributed by atoms with Gasteiger partial charge >= 0.3 is 0 Å². The van der Waals surface area contributed by atoms with E-state index in [0.717, 1.165) is 37.2 Å². The summed E-state index contributed by atoms with van der Waals surface area (Å²) in [5.41, 5.74) is 4.26. The van der Waals surface area contributed by atoms with Crippen LogP contribution in [0.2, 0.25) is 5.02 Å². The van der Waals surface area contributed by atoms with Gasteiger partial charge in [-0.2, -0.15) is 0 Å². The highest BCUT2D eigenvalue weighted by molar-refractivity contribution is 6.32. The summed E-state index contributed by atoms with van der Waals surface area (Å²) < 4.78 is 20.4. The summed E-state index contributed by atoms with van der Waals surface area (Å²) in [7, 11) is 0. The molecule has 2 aromatic carbocycles. The molecule has 3 rings (SSSR count). The Morgan fingerprint density at radius 1 is 1.03 bits per heavy atom. The number of halogens is 2. The van der Waals surface area contributed by atoms with Gasteiger partial charge in [-0.3, -0.25) is 0 Å². The van der Waals surface area contributed by atoms with Crippen LogP contribution in [-0.4, -0.2) is 6.61 Å². The van der Waals surface area contributed by atoms with Crippen LogP contribution in [0.4, 0.5) is 4.39 Å². The summed E-state index contributed by atoms with van der Waals surface area (Å²) >= 11 is 6.22. The van der Waals surface area contributed by atoms with Crippen LogP contribution >= 0.6 is 11.6 Å². The van der Waals surface area contributed by atoms with Crippen LogP contribution < -0.4 is 4.74 Å². The van der Waals surface area contributed by atoms with Crippen molar-refractivity contribution < 1.29 is 9.13 Å². The monoisotopic (exact) mass is 428 g/mol. The van der Waals surface area contributed by atoms with E-state index >= 15 is 0 Å². The van der Waals surface area contributed by atoms with E-state index in [1.54, 1.807) is 17.7 Å². The Balaban J connectivity index is 1.60. The number of hydrogen-bond donors (Lipinski definition) is 0. The molecule has 1 aliphatic rings. The molecule has 1 unspecified atom stereocenters. The molecule has 162 valence electrons. The molecule has 0 bridgehead atoms. The Morgan fingerprint density at radius 2 is 1.83 bits per heavy atom.